The Bertz CT molecular complexity index is 581. The van der Waals surface area contributed by atoms with Gasteiger partial charge in [0.1, 0.15) is 0 Å². The van der Waals surface area contributed by atoms with Gasteiger partial charge in [-0.15, -0.1) is 12.4 Å². The molecule has 1 saturated carbocycles. The zero-order valence-corrected chi connectivity index (χ0v) is 12.8. The van der Waals surface area contributed by atoms with Crippen molar-refractivity contribution in [3.05, 3.63) is 28.8 Å². The molecule has 4 nitrogen and oxygen atoms in total. The molecule has 1 aromatic carbocycles. The first kappa shape index (κ1) is 15.1. The molecule has 106 valence electrons. The van der Waals surface area contributed by atoms with Gasteiger partial charge in [0.15, 0.2) is 0 Å². The molecule has 0 aromatic heterocycles. The summed E-state index contributed by atoms with van der Waals surface area (Å²) in [4.78, 5) is 0.285. The average molecular weight is 323 g/mol. The molecule has 2 aliphatic rings. The Hall–Kier alpha value is -0.330. The summed E-state index contributed by atoms with van der Waals surface area (Å²) in [5, 5.41) is 3.69. The number of halogens is 2. The fourth-order valence-electron chi connectivity index (χ4n) is 2.70. The van der Waals surface area contributed by atoms with Crippen LogP contribution < -0.4 is 10.0 Å². The number of hydrogen-bond donors (Lipinski definition) is 2. The minimum Gasteiger partial charge on any atom is -0.316 e. The number of benzene rings is 1. The molecule has 0 spiro atoms. The van der Waals surface area contributed by atoms with Crippen LogP contribution in [0, 0.1) is 18.8 Å². The predicted molar refractivity (Wildman–Crippen MR) is 77.4 cm³/mol. The largest absolute Gasteiger partial charge is 0.316 e. The average Bonchev–Trinajstić information content (AvgIpc) is 2.77. The highest BCUT2D eigenvalue weighted by Gasteiger charge is 2.54. The number of aryl methyl sites for hydroxylation is 1. The molecule has 19 heavy (non-hydrogen) atoms. The van der Waals surface area contributed by atoms with Crippen LogP contribution in [0.2, 0.25) is 5.02 Å². The van der Waals surface area contributed by atoms with Gasteiger partial charge in [-0.25, -0.2) is 13.1 Å². The van der Waals surface area contributed by atoms with E-state index in [2.05, 4.69) is 10.0 Å². The quantitative estimate of drug-likeness (QED) is 0.888. The van der Waals surface area contributed by atoms with E-state index in [9.17, 15) is 8.42 Å². The lowest BCUT2D eigenvalue weighted by Crippen LogP contribution is -2.32. The summed E-state index contributed by atoms with van der Waals surface area (Å²) in [6.45, 7) is 3.60. The second-order valence-electron chi connectivity index (χ2n) is 5.04. The van der Waals surface area contributed by atoms with Crippen LogP contribution in [0.15, 0.2) is 23.1 Å². The van der Waals surface area contributed by atoms with E-state index >= 15 is 0 Å². The zero-order chi connectivity index (χ0) is 12.9. The van der Waals surface area contributed by atoms with E-state index in [1.54, 1.807) is 19.1 Å². The Kier molecular flexibility index (Phi) is 4.14. The van der Waals surface area contributed by atoms with Gasteiger partial charge >= 0.3 is 0 Å². The molecule has 1 aliphatic heterocycles. The van der Waals surface area contributed by atoms with Crippen molar-refractivity contribution < 1.29 is 8.42 Å². The highest BCUT2D eigenvalue weighted by atomic mass is 35.5. The van der Waals surface area contributed by atoms with E-state index in [-0.39, 0.29) is 23.3 Å². The van der Waals surface area contributed by atoms with Crippen molar-refractivity contribution in [1.82, 2.24) is 10.0 Å². The summed E-state index contributed by atoms with van der Waals surface area (Å²) < 4.78 is 27.4. The van der Waals surface area contributed by atoms with Gasteiger partial charge < -0.3 is 5.32 Å². The van der Waals surface area contributed by atoms with Gasteiger partial charge in [0.2, 0.25) is 10.0 Å². The molecule has 2 fully saturated rings. The molecule has 0 radical (unpaired) electrons. The first-order chi connectivity index (χ1) is 8.49. The third-order valence-corrected chi connectivity index (χ3v) is 5.66. The standard InChI is InChI=1S/C12H15ClN2O2S.ClH/c1-7-2-3-8(13)4-11(7)18(16,17)15-12-9-5-14-6-10(9)12;/h2-4,9-10,12,14-15H,5-6H2,1H3;1H. The smallest absolute Gasteiger partial charge is 0.241 e. The van der Waals surface area contributed by atoms with Gasteiger partial charge in [-0.05, 0) is 49.5 Å². The van der Waals surface area contributed by atoms with E-state index < -0.39 is 10.0 Å². The van der Waals surface area contributed by atoms with E-state index in [4.69, 9.17) is 11.6 Å². The maximum absolute atomic E-state index is 12.3. The Morgan fingerprint density at radius 2 is 1.95 bits per heavy atom. The van der Waals surface area contributed by atoms with Gasteiger partial charge in [-0.1, -0.05) is 17.7 Å². The fraction of sp³-hybridized carbons (Fsp3) is 0.500. The number of piperidine rings is 1. The summed E-state index contributed by atoms with van der Waals surface area (Å²) in [5.74, 6) is 0.915. The second-order valence-corrected chi connectivity index (χ2v) is 7.16. The Morgan fingerprint density at radius 1 is 1.32 bits per heavy atom. The van der Waals surface area contributed by atoms with Gasteiger partial charge in [-0.2, -0.15) is 0 Å². The van der Waals surface area contributed by atoms with Crippen molar-refractivity contribution in [3.8, 4) is 0 Å². The molecule has 7 heteroatoms. The summed E-state index contributed by atoms with van der Waals surface area (Å²) >= 11 is 5.87. The third kappa shape index (κ3) is 2.76. The van der Waals surface area contributed by atoms with Gasteiger partial charge in [0, 0.05) is 11.1 Å². The van der Waals surface area contributed by atoms with Crippen molar-refractivity contribution >= 4 is 34.0 Å². The van der Waals surface area contributed by atoms with Crippen LogP contribution in [-0.4, -0.2) is 27.5 Å². The fourth-order valence-corrected chi connectivity index (χ4v) is 4.54. The van der Waals surface area contributed by atoms with E-state index in [1.165, 1.54) is 6.07 Å². The minimum absolute atomic E-state index is 0. The molecule has 0 bridgehead atoms. The molecule has 1 saturated heterocycles. The zero-order valence-electron chi connectivity index (χ0n) is 10.4. The molecule has 0 amide bonds. The van der Waals surface area contributed by atoms with E-state index in [1.807, 2.05) is 0 Å². The molecule has 2 atom stereocenters. The van der Waals surface area contributed by atoms with Gasteiger partial charge in [0.25, 0.3) is 0 Å². The number of nitrogens with one attached hydrogen (secondary N) is 2. The Labute approximate surface area is 124 Å². The normalized spacial score (nSPS) is 28.6. The van der Waals surface area contributed by atoms with Crippen LogP contribution in [0.5, 0.6) is 0 Å². The lowest BCUT2D eigenvalue weighted by atomic mass is 10.2. The Balaban J connectivity index is 0.00000133. The topological polar surface area (TPSA) is 58.2 Å². The van der Waals surface area contributed by atoms with Crippen LogP contribution >= 0.6 is 24.0 Å². The predicted octanol–water partition coefficient (Wildman–Crippen LogP) is 1.57. The first-order valence-electron chi connectivity index (χ1n) is 5.98. The number of fused-ring (bicyclic) bond motifs is 1. The van der Waals surface area contributed by atoms with E-state index in [0.29, 0.717) is 16.9 Å². The van der Waals surface area contributed by atoms with Crippen molar-refractivity contribution in [2.24, 2.45) is 11.8 Å². The Morgan fingerprint density at radius 3 is 2.58 bits per heavy atom. The molecule has 2 unspecified atom stereocenters. The summed E-state index contributed by atoms with van der Waals surface area (Å²) in [6, 6.07) is 5.03. The highest BCUT2D eigenvalue weighted by molar-refractivity contribution is 7.89. The van der Waals surface area contributed by atoms with Crippen molar-refractivity contribution in [2.45, 2.75) is 17.9 Å². The van der Waals surface area contributed by atoms with Crippen molar-refractivity contribution in [2.75, 3.05) is 13.1 Å². The minimum atomic E-state index is -3.45. The maximum atomic E-state index is 12.3. The van der Waals surface area contributed by atoms with Crippen LogP contribution in [0.4, 0.5) is 0 Å². The SMILES string of the molecule is Cc1ccc(Cl)cc1S(=O)(=O)NC1C2CNCC21.Cl. The third-order valence-electron chi connectivity index (χ3n) is 3.82. The van der Waals surface area contributed by atoms with Crippen LogP contribution in [0.3, 0.4) is 0 Å². The number of hydrogen-bond acceptors (Lipinski definition) is 3. The molecular formula is C12H16Cl2N2O2S. The number of rotatable bonds is 3. The van der Waals surface area contributed by atoms with E-state index in [0.717, 1.165) is 18.7 Å². The van der Waals surface area contributed by atoms with Gasteiger partial charge in [-0.3, -0.25) is 0 Å². The van der Waals surface area contributed by atoms with Crippen LogP contribution in [0.25, 0.3) is 0 Å². The van der Waals surface area contributed by atoms with Crippen molar-refractivity contribution in [3.63, 3.8) is 0 Å². The summed E-state index contributed by atoms with van der Waals surface area (Å²) in [7, 11) is -3.45. The summed E-state index contributed by atoms with van der Waals surface area (Å²) in [5.41, 5.74) is 0.718. The molecule has 1 aromatic rings. The monoisotopic (exact) mass is 322 g/mol. The summed E-state index contributed by atoms with van der Waals surface area (Å²) in [6.07, 6.45) is 0. The molecule has 2 N–H and O–H groups in total. The lowest BCUT2D eigenvalue weighted by molar-refractivity contribution is 0.564. The molecule has 3 rings (SSSR count). The highest BCUT2D eigenvalue weighted by Crippen LogP contribution is 2.42. The van der Waals surface area contributed by atoms with Gasteiger partial charge in [0.05, 0.1) is 4.90 Å². The second kappa shape index (κ2) is 5.22. The maximum Gasteiger partial charge on any atom is 0.241 e. The molecule has 1 heterocycles. The lowest BCUT2D eigenvalue weighted by Gasteiger charge is -2.11. The van der Waals surface area contributed by atoms with Crippen LogP contribution in [0.1, 0.15) is 5.56 Å². The van der Waals surface area contributed by atoms with Crippen molar-refractivity contribution in [1.29, 1.82) is 0 Å². The number of sulfonamides is 1. The molecular weight excluding hydrogens is 307 g/mol. The van der Waals surface area contributed by atoms with Crippen LogP contribution in [-0.2, 0) is 10.0 Å². The molecule has 1 aliphatic carbocycles. The first-order valence-corrected chi connectivity index (χ1v) is 7.84.